The first kappa shape index (κ1) is 19.7. The first-order valence-corrected chi connectivity index (χ1v) is 10.2. The van der Waals surface area contributed by atoms with Crippen LogP contribution in [0.25, 0.3) is 22.6 Å². The monoisotopic (exact) mass is 416 g/mol. The number of carbonyl (C=O) groups excluding carboxylic acids is 1. The number of ether oxygens (including phenoxy) is 1. The number of pyridine rings is 2. The Hall–Kier alpha value is -3.58. The average Bonchev–Trinajstić information content (AvgIpc) is 3.22. The number of aryl methyl sites for hydroxylation is 2. The molecule has 3 aromatic heterocycles. The summed E-state index contributed by atoms with van der Waals surface area (Å²) in [5, 5.41) is 5.33. The molecule has 0 radical (unpaired) electrons. The normalized spacial score (nSPS) is 10.6. The second-order valence-corrected chi connectivity index (χ2v) is 7.60. The second-order valence-electron chi connectivity index (χ2n) is 6.74. The Morgan fingerprint density at radius 1 is 0.967 bits per heavy atom. The molecule has 4 rings (SSSR count). The summed E-state index contributed by atoms with van der Waals surface area (Å²) >= 11 is 1.37. The van der Waals surface area contributed by atoms with Crippen molar-refractivity contribution in [1.29, 1.82) is 0 Å². The molecular weight excluding hydrogens is 396 g/mol. The molecule has 0 aliphatic carbocycles. The van der Waals surface area contributed by atoms with E-state index in [-0.39, 0.29) is 5.91 Å². The van der Waals surface area contributed by atoms with E-state index in [9.17, 15) is 4.79 Å². The van der Waals surface area contributed by atoms with Crippen LogP contribution in [0.4, 0.5) is 5.13 Å². The number of nitrogens with zero attached hydrogens (tertiary/aromatic N) is 3. The summed E-state index contributed by atoms with van der Waals surface area (Å²) in [7, 11) is 1.62. The minimum Gasteiger partial charge on any atom is -0.497 e. The molecule has 0 bridgehead atoms. The molecule has 1 amide bonds. The molecule has 0 aliphatic heterocycles. The SMILES string of the molecule is COc1ccc(-c2nccc(C)c2C(=O)Nc2nc(-c3ncccc3C)cs2)cc1. The van der Waals surface area contributed by atoms with Crippen LogP contribution in [0.3, 0.4) is 0 Å². The Morgan fingerprint density at radius 3 is 2.47 bits per heavy atom. The Morgan fingerprint density at radius 2 is 1.73 bits per heavy atom. The number of anilines is 1. The number of thiazole rings is 1. The van der Waals surface area contributed by atoms with Crippen LogP contribution in [0.2, 0.25) is 0 Å². The molecule has 3 heterocycles. The van der Waals surface area contributed by atoms with Gasteiger partial charge in [-0.1, -0.05) is 6.07 Å². The zero-order chi connectivity index (χ0) is 21.1. The maximum absolute atomic E-state index is 13.1. The summed E-state index contributed by atoms with van der Waals surface area (Å²) in [5.74, 6) is 0.502. The summed E-state index contributed by atoms with van der Waals surface area (Å²) in [6.45, 7) is 3.88. The van der Waals surface area contributed by atoms with Crippen molar-refractivity contribution in [2.75, 3.05) is 12.4 Å². The van der Waals surface area contributed by atoms with Crippen molar-refractivity contribution < 1.29 is 9.53 Å². The molecule has 0 spiro atoms. The highest BCUT2D eigenvalue weighted by atomic mass is 32.1. The summed E-state index contributed by atoms with van der Waals surface area (Å²) in [6.07, 6.45) is 3.44. The standard InChI is InChI=1S/C23H20N4O2S/c1-14-10-12-25-21(16-6-8-17(29-3)9-7-16)19(14)22(28)27-23-26-18(13-30-23)20-15(2)5-4-11-24-20/h4-13H,1-3H3,(H,26,27,28). The van der Waals surface area contributed by atoms with Crippen LogP contribution < -0.4 is 10.1 Å². The number of benzene rings is 1. The quantitative estimate of drug-likeness (QED) is 0.487. The van der Waals surface area contributed by atoms with Crippen molar-refractivity contribution in [2.24, 2.45) is 0 Å². The van der Waals surface area contributed by atoms with Crippen LogP contribution in [0.1, 0.15) is 21.5 Å². The molecule has 4 aromatic rings. The van der Waals surface area contributed by atoms with E-state index in [0.717, 1.165) is 33.8 Å². The third-order valence-electron chi connectivity index (χ3n) is 4.73. The van der Waals surface area contributed by atoms with Gasteiger partial charge in [0, 0.05) is 23.3 Å². The van der Waals surface area contributed by atoms with Gasteiger partial charge in [-0.3, -0.25) is 20.1 Å². The van der Waals surface area contributed by atoms with Gasteiger partial charge in [0.25, 0.3) is 5.91 Å². The van der Waals surface area contributed by atoms with E-state index in [1.165, 1.54) is 11.3 Å². The van der Waals surface area contributed by atoms with Gasteiger partial charge in [0.05, 0.1) is 24.1 Å². The number of carbonyl (C=O) groups is 1. The fourth-order valence-electron chi connectivity index (χ4n) is 3.17. The molecule has 0 atom stereocenters. The third-order valence-corrected chi connectivity index (χ3v) is 5.48. The van der Waals surface area contributed by atoms with Gasteiger partial charge in [0.2, 0.25) is 0 Å². The van der Waals surface area contributed by atoms with Crippen LogP contribution in [0.5, 0.6) is 5.75 Å². The van der Waals surface area contributed by atoms with Crippen LogP contribution in [0.15, 0.2) is 60.2 Å². The number of rotatable bonds is 5. The Labute approximate surface area is 178 Å². The van der Waals surface area contributed by atoms with Crippen molar-refractivity contribution in [3.05, 3.63) is 76.9 Å². The van der Waals surface area contributed by atoms with Crippen LogP contribution in [-0.2, 0) is 0 Å². The average molecular weight is 417 g/mol. The number of nitrogens with one attached hydrogen (secondary N) is 1. The van der Waals surface area contributed by atoms with E-state index >= 15 is 0 Å². The van der Waals surface area contributed by atoms with E-state index in [4.69, 9.17) is 4.74 Å². The molecule has 0 saturated carbocycles. The fourth-order valence-corrected chi connectivity index (χ4v) is 3.86. The maximum atomic E-state index is 13.1. The van der Waals surface area contributed by atoms with Crippen molar-refractivity contribution in [3.63, 3.8) is 0 Å². The van der Waals surface area contributed by atoms with Gasteiger partial charge in [-0.15, -0.1) is 11.3 Å². The highest BCUT2D eigenvalue weighted by Crippen LogP contribution is 2.29. The maximum Gasteiger partial charge on any atom is 0.259 e. The van der Waals surface area contributed by atoms with Crippen LogP contribution in [-0.4, -0.2) is 28.0 Å². The lowest BCUT2D eigenvalue weighted by Gasteiger charge is -2.11. The molecule has 0 fully saturated rings. The number of hydrogen-bond acceptors (Lipinski definition) is 6. The van der Waals surface area contributed by atoms with Gasteiger partial charge in [0.1, 0.15) is 11.4 Å². The van der Waals surface area contributed by atoms with Crippen LogP contribution >= 0.6 is 11.3 Å². The second kappa shape index (κ2) is 8.42. The van der Waals surface area contributed by atoms with Gasteiger partial charge in [-0.2, -0.15) is 0 Å². The summed E-state index contributed by atoms with van der Waals surface area (Å²) < 4.78 is 5.22. The van der Waals surface area contributed by atoms with Crippen LogP contribution in [0, 0.1) is 13.8 Å². The number of amides is 1. The van der Waals surface area contributed by atoms with E-state index in [2.05, 4.69) is 20.3 Å². The molecule has 1 aromatic carbocycles. The molecule has 0 aliphatic rings. The highest BCUT2D eigenvalue weighted by Gasteiger charge is 2.19. The Balaban J connectivity index is 1.64. The lowest BCUT2D eigenvalue weighted by Crippen LogP contribution is -2.15. The summed E-state index contributed by atoms with van der Waals surface area (Å²) in [6, 6.07) is 13.2. The fraction of sp³-hybridized carbons (Fsp3) is 0.130. The van der Waals surface area contributed by atoms with Crippen molar-refractivity contribution >= 4 is 22.4 Å². The van der Waals surface area contributed by atoms with Crippen molar-refractivity contribution in [3.8, 4) is 28.4 Å². The summed E-state index contributed by atoms with van der Waals surface area (Å²) in [5.41, 5.74) is 5.41. The largest absolute Gasteiger partial charge is 0.497 e. The van der Waals surface area contributed by atoms with Gasteiger partial charge in [-0.25, -0.2) is 4.98 Å². The van der Waals surface area contributed by atoms with Gasteiger partial charge in [-0.05, 0) is 61.4 Å². The Bertz CT molecular complexity index is 1200. The molecule has 0 saturated heterocycles. The van der Waals surface area contributed by atoms with Gasteiger partial charge < -0.3 is 4.74 Å². The first-order chi connectivity index (χ1) is 14.6. The highest BCUT2D eigenvalue weighted by molar-refractivity contribution is 7.14. The van der Waals surface area contributed by atoms with E-state index < -0.39 is 0 Å². The van der Waals surface area contributed by atoms with E-state index in [1.807, 2.05) is 61.7 Å². The minimum absolute atomic E-state index is 0.245. The van der Waals surface area contributed by atoms with E-state index in [1.54, 1.807) is 19.5 Å². The predicted molar refractivity (Wildman–Crippen MR) is 119 cm³/mol. The predicted octanol–water partition coefficient (Wildman–Crippen LogP) is 5.14. The molecular formula is C23H20N4O2S. The lowest BCUT2D eigenvalue weighted by molar-refractivity contribution is 0.102. The molecule has 150 valence electrons. The molecule has 6 nitrogen and oxygen atoms in total. The smallest absolute Gasteiger partial charge is 0.259 e. The zero-order valence-corrected chi connectivity index (χ0v) is 17.7. The van der Waals surface area contributed by atoms with Crippen molar-refractivity contribution in [1.82, 2.24) is 15.0 Å². The minimum atomic E-state index is -0.245. The molecule has 1 N–H and O–H groups in total. The van der Waals surface area contributed by atoms with Crippen molar-refractivity contribution in [2.45, 2.75) is 13.8 Å². The van der Waals surface area contributed by atoms with Gasteiger partial charge >= 0.3 is 0 Å². The molecule has 0 unspecified atom stereocenters. The number of methoxy groups -OCH3 is 1. The molecule has 7 heteroatoms. The topological polar surface area (TPSA) is 77.0 Å². The third kappa shape index (κ3) is 3.92. The zero-order valence-electron chi connectivity index (χ0n) is 16.8. The van der Waals surface area contributed by atoms with E-state index in [0.29, 0.717) is 16.4 Å². The lowest BCUT2D eigenvalue weighted by atomic mass is 10.0. The Kier molecular flexibility index (Phi) is 5.54. The number of aromatic nitrogens is 3. The first-order valence-electron chi connectivity index (χ1n) is 9.35. The van der Waals surface area contributed by atoms with Gasteiger partial charge in [0.15, 0.2) is 5.13 Å². The summed E-state index contributed by atoms with van der Waals surface area (Å²) in [4.78, 5) is 26.5. The molecule has 30 heavy (non-hydrogen) atoms. The number of hydrogen-bond donors (Lipinski definition) is 1.